The molecule has 1 amide bonds. The number of Topliss-reactive ketones (excluding diaryl/α,β-unsaturated/α-hetero) is 1. The molecule has 448 valence electrons. The fourth-order valence-corrected chi connectivity index (χ4v) is 13.3. The molecule has 3 aliphatic carbocycles. The molecule has 4 aliphatic rings. The van der Waals surface area contributed by atoms with Crippen LogP contribution in [0.5, 0.6) is 0 Å². The number of ketones is 1. The van der Waals surface area contributed by atoms with Crippen molar-refractivity contribution in [2.75, 3.05) is 20.0 Å². The van der Waals surface area contributed by atoms with Gasteiger partial charge in [-0.05, 0) is 61.2 Å². The van der Waals surface area contributed by atoms with Crippen LogP contribution in [0.3, 0.4) is 0 Å². The Morgan fingerprint density at radius 2 is 1.24 bits per heavy atom. The smallest absolute Gasteiger partial charge is 0.338 e. The lowest BCUT2D eigenvalue weighted by molar-refractivity contribution is -0.346. The molecule has 0 spiro atoms. The molecule has 3 aromatic carbocycles. The first-order valence-electron chi connectivity index (χ1n) is 30.0. The van der Waals surface area contributed by atoms with Crippen LogP contribution in [-0.4, -0.2) is 114 Å². The van der Waals surface area contributed by atoms with Crippen LogP contribution < -0.4 is 5.32 Å². The summed E-state index contributed by atoms with van der Waals surface area (Å²) in [6.07, 6.45) is 9.61. The van der Waals surface area contributed by atoms with Crippen LogP contribution in [0.2, 0.25) is 0 Å². The lowest BCUT2D eigenvalue weighted by Crippen LogP contribution is -2.82. The third kappa shape index (κ3) is 14.4. The number of ether oxygens (including phenoxy) is 7. The van der Waals surface area contributed by atoms with Crippen molar-refractivity contribution in [3.8, 4) is 0 Å². The first-order chi connectivity index (χ1) is 39.3. The van der Waals surface area contributed by atoms with E-state index in [1.165, 1.54) is 103 Å². The van der Waals surface area contributed by atoms with Crippen LogP contribution in [-0.2, 0) is 52.3 Å². The van der Waals surface area contributed by atoms with Gasteiger partial charge in [0.15, 0.2) is 23.6 Å². The van der Waals surface area contributed by atoms with Crippen molar-refractivity contribution < 1.29 is 72.1 Å². The maximum absolute atomic E-state index is 15.8. The van der Waals surface area contributed by atoms with Crippen LogP contribution in [0.4, 0.5) is 0 Å². The van der Waals surface area contributed by atoms with Gasteiger partial charge in [-0.2, -0.15) is 0 Å². The van der Waals surface area contributed by atoms with Crippen LogP contribution in [0, 0.1) is 16.7 Å². The Hall–Kier alpha value is -5.78. The number of aliphatic hydroxyl groups is 2. The first-order valence-corrected chi connectivity index (χ1v) is 30.0. The van der Waals surface area contributed by atoms with Gasteiger partial charge in [0.1, 0.15) is 30.7 Å². The number of carbonyl (C=O) groups is 6. The van der Waals surface area contributed by atoms with E-state index >= 15 is 9.59 Å². The number of aliphatic hydroxyl groups excluding tert-OH is 1. The van der Waals surface area contributed by atoms with Crippen molar-refractivity contribution in [2.24, 2.45) is 16.7 Å². The van der Waals surface area contributed by atoms with Crippen molar-refractivity contribution in [3.63, 3.8) is 0 Å². The fraction of sp³-hybridized carbons (Fsp3) is 0.606. The molecule has 3 aromatic rings. The molecule has 1 aliphatic heterocycles. The zero-order valence-corrected chi connectivity index (χ0v) is 49.3. The number of benzene rings is 3. The van der Waals surface area contributed by atoms with Crippen LogP contribution in [0.1, 0.15) is 196 Å². The summed E-state index contributed by atoms with van der Waals surface area (Å²) >= 11 is 0. The Morgan fingerprint density at radius 1 is 0.707 bits per heavy atom. The SMILES string of the molecule is CCCCCCCCCCCCCCCCCCOCO[C@@H](C(=O)O[C@H]1C[C@@]2(O)[C@@H](OC(=O)c3ccccc3)[C@@H]3[C@]4(OC(C)=O)CO[C@@H]4C[C@H](O)[C@@]3(C)C(=O)[C@H](OC(C)=O)C(=C1C)C2(C)C)[C@@H](NC(=O)c1ccccc1)c1ccccc1. The number of esters is 4. The van der Waals surface area contributed by atoms with Crippen LogP contribution >= 0.6 is 0 Å². The number of hydrogen-bond donors (Lipinski definition) is 3. The van der Waals surface area contributed by atoms with E-state index < -0.39 is 113 Å². The lowest BCUT2D eigenvalue weighted by atomic mass is 9.44. The van der Waals surface area contributed by atoms with E-state index in [2.05, 4.69) is 12.2 Å². The van der Waals surface area contributed by atoms with Gasteiger partial charge < -0.3 is 48.7 Å². The highest BCUT2D eigenvalue weighted by molar-refractivity contribution is 5.96. The molecule has 0 unspecified atom stereocenters. The van der Waals surface area contributed by atoms with Gasteiger partial charge in [-0.3, -0.25) is 19.2 Å². The number of unbranched alkanes of at least 4 members (excludes halogenated alkanes) is 15. The highest BCUT2D eigenvalue weighted by atomic mass is 16.7. The summed E-state index contributed by atoms with van der Waals surface area (Å²) in [6.45, 7) is 10.5. The molecule has 16 heteroatoms. The second-order valence-electron chi connectivity index (χ2n) is 23.8. The van der Waals surface area contributed by atoms with E-state index in [9.17, 15) is 29.4 Å². The van der Waals surface area contributed by atoms with E-state index in [0.717, 1.165) is 32.6 Å². The molecule has 0 radical (unpaired) electrons. The quantitative estimate of drug-likeness (QED) is 0.0186. The molecule has 11 atom stereocenters. The molecule has 3 fully saturated rings. The third-order valence-corrected chi connectivity index (χ3v) is 17.9. The standard InChI is InChI=1S/C66H89NO15/c1-8-9-10-11-12-13-14-15-16-17-18-19-20-21-22-32-39-76-43-78-56(54(47-33-26-23-27-34-47)67-60(72)48-35-28-24-29-36-48)62(74)80-50-41-66(75)59(81-61(73)49-37-30-25-31-38-49)57-64(7,51(70)40-52-65(57,42-77-52)82-46(4)69)58(71)55(79-45(3)68)53(44(50)2)63(66,5)6/h23-31,33-38,50-52,54-57,59,70,75H,8-22,32,39-43H2,1-7H3,(H,67,72)/t50-,51-,52+,54-,55+,56+,57-,59-,64+,65-,66+/m0/s1. The average molecular weight is 1140 g/mol. The van der Waals surface area contributed by atoms with Gasteiger partial charge in [-0.1, -0.05) is 184 Å². The topological polar surface area (TPSA) is 220 Å². The molecule has 1 heterocycles. The second-order valence-corrected chi connectivity index (χ2v) is 23.8. The molecule has 2 bridgehead atoms. The molecule has 2 saturated carbocycles. The van der Waals surface area contributed by atoms with Gasteiger partial charge in [0.25, 0.3) is 5.91 Å². The van der Waals surface area contributed by atoms with E-state index in [1.807, 2.05) is 0 Å². The van der Waals surface area contributed by atoms with Crippen molar-refractivity contribution in [2.45, 2.75) is 218 Å². The largest absolute Gasteiger partial charge is 0.456 e. The van der Waals surface area contributed by atoms with Gasteiger partial charge in [0.2, 0.25) is 0 Å². The minimum Gasteiger partial charge on any atom is -0.456 e. The van der Waals surface area contributed by atoms with Gasteiger partial charge in [0.05, 0.1) is 35.6 Å². The molecular formula is C66H89NO15. The van der Waals surface area contributed by atoms with Crippen molar-refractivity contribution in [1.82, 2.24) is 5.32 Å². The number of amides is 1. The highest BCUT2D eigenvalue weighted by Gasteiger charge is 2.78. The first kappa shape index (κ1) is 63.8. The number of hydrogen-bond acceptors (Lipinski definition) is 15. The fourth-order valence-electron chi connectivity index (χ4n) is 13.3. The Kier molecular flexibility index (Phi) is 22.7. The summed E-state index contributed by atoms with van der Waals surface area (Å²) in [6, 6.07) is 24.1. The second kappa shape index (κ2) is 29.2. The molecule has 3 N–H and O–H groups in total. The van der Waals surface area contributed by atoms with Gasteiger partial charge in [-0.25, -0.2) is 9.59 Å². The van der Waals surface area contributed by atoms with E-state index in [0.29, 0.717) is 17.7 Å². The zero-order chi connectivity index (χ0) is 59.1. The van der Waals surface area contributed by atoms with Crippen molar-refractivity contribution in [1.29, 1.82) is 0 Å². The molecule has 1 saturated heterocycles. The Labute approximate surface area is 484 Å². The third-order valence-electron chi connectivity index (χ3n) is 17.9. The average Bonchev–Trinajstić information content (AvgIpc) is 1.05. The highest BCUT2D eigenvalue weighted by Crippen LogP contribution is 2.64. The monoisotopic (exact) mass is 1140 g/mol. The maximum Gasteiger partial charge on any atom is 0.338 e. The summed E-state index contributed by atoms with van der Waals surface area (Å²) in [5.41, 5.74) is -6.73. The Morgan fingerprint density at radius 3 is 1.77 bits per heavy atom. The number of rotatable bonds is 30. The summed E-state index contributed by atoms with van der Waals surface area (Å²) in [7, 11) is 0. The predicted octanol–water partition coefficient (Wildman–Crippen LogP) is 11.0. The zero-order valence-electron chi connectivity index (χ0n) is 49.3. The summed E-state index contributed by atoms with van der Waals surface area (Å²) < 4.78 is 43.7. The van der Waals surface area contributed by atoms with Gasteiger partial charge in [-0.15, -0.1) is 0 Å². The normalized spacial score (nSPS) is 27.0. The van der Waals surface area contributed by atoms with Gasteiger partial charge >= 0.3 is 23.9 Å². The predicted molar refractivity (Wildman–Crippen MR) is 307 cm³/mol. The lowest BCUT2D eigenvalue weighted by Gasteiger charge is -2.67. The Balaban J connectivity index is 1.18. The van der Waals surface area contributed by atoms with Crippen LogP contribution in [0.25, 0.3) is 0 Å². The molecular weight excluding hydrogens is 1050 g/mol. The summed E-state index contributed by atoms with van der Waals surface area (Å²) in [5, 5.41) is 29.4. The van der Waals surface area contributed by atoms with E-state index in [1.54, 1.807) is 99.6 Å². The van der Waals surface area contributed by atoms with Crippen LogP contribution in [0.15, 0.2) is 102 Å². The van der Waals surface area contributed by atoms with Crippen molar-refractivity contribution in [3.05, 3.63) is 119 Å². The number of nitrogens with one attached hydrogen (secondary N) is 1. The molecule has 82 heavy (non-hydrogen) atoms. The van der Waals surface area contributed by atoms with Crippen molar-refractivity contribution >= 4 is 35.6 Å². The molecule has 16 nitrogen and oxygen atoms in total. The minimum atomic E-state index is -2.39. The molecule has 0 aromatic heterocycles. The summed E-state index contributed by atoms with van der Waals surface area (Å²) in [5.74, 6) is -6.44. The summed E-state index contributed by atoms with van der Waals surface area (Å²) in [4.78, 5) is 86.4. The molecule has 7 rings (SSSR count). The van der Waals surface area contributed by atoms with E-state index in [-0.39, 0.29) is 36.5 Å². The van der Waals surface area contributed by atoms with E-state index in [4.69, 9.17) is 33.2 Å². The number of carbonyl (C=O) groups excluding carboxylic acids is 6. The Bertz CT molecular complexity index is 2640. The minimum absolute atomic E-state index is 0.0389. The van der Waals surface area contributed by atoms with Gasteiger partial charge in [0, 0.05) is 44.3 Å². The maximum atomic E-state index is 15.8. The number of fused-ring (bicyclic) bond motifs is 5.